The first-order valence-electron chi connectivity index (χ1n) is 7.85. The Labute approximate surface area is 137 Å². The van der Waals surface area contributed by atoms with Crippen LogP contribution in [0.1, 0.15) is 37.4 Å². The van der Waals surface area contributed by atoms with Gasteiger partial charge in [-0.15, -0.1) is 11.3 Å². The zero-order valence-corrected chi connectivity index (χ0v) is 14.4. The van der Waals surface area contributed by atoms with Gasteiger partial charge >= 0.3 is 0 Å². The topological polar surface area (TPSA) is 33.2 Å². The molecule has 0 saturated carbocycles. The van der Waals surface area contributed by atoms with Crippen LogP contribution in [0.5, 0.6) is 0 Å². The number of rotatable bonds is 7. The Balaban J connectivity index is 1.91. The fourth-order valence-corrected chi connectivity index (χ4v) is 3.13. The number of thiazole rings is 1. The summed E-state index contributed by atoms with van der Waals surface area (Å²) >= 11 is 1.65. The first-order valence-corrected chi connectivity index (χ1v) is 8.73. The lowest BCUT2D eigenvalue weighted by Crippen LogP contribution is -2.27. The Morgan fingerprint density at radius 1 is 1.36 bits per heavy atom. The molecule has 0 fully saturated rings. The van der Waals surface area contributed by atoms with Gasteiger partial charge in [-0.25, -0.2) is 4.98 Å². The van der Waals surface area contributed by atoms with Crippen molar-refractivity contribution < 1.29 is 4.79 Å². The minimum atomic E-state index is 0.207. The summed E-state index contributed by atoms with van der Waals surface area (Å²) in [5, 5.41) is 3.10. The Hall–Kier alpha value is -1.68. The molecule has 0 radical (unpaired) electrons. The van der Waals surface area contributed by atoms with Crippen molar-refractivity contribution in [1.29, 1.82) is 0 Å². The van der Waals surface area contributed by atoms with E-state index in [9.17, 15) is 4.79 Å². The van der Waals surface area contributed by atoms with Gasteiger partial charge in [-0.05, 0) is 25.8 Å². The second-order valence-electron chi connectivity index (χ2n) is 5.68. The molecule has 4 heteroatoms. The van der Waals surface area contributed by atoms with Crippen LogP contribution >= 0.6 is 11.3 Å². The predicted octanol–water partition coefficient (Wildman–Crippen LogP) is 4.31. The van der Waals surface area contributed by atoms with E-state index < -0.39 is 0 Å². The molecule has 0 N–H and O–H groups in total. The van der Waals surface area contributed by atoms with Gasteiger partial charge in [0.05, 0.1) is 5.69 Å². The van der Waals surface area contributed by atoms with Crippen molar-refractivity contribution in [1.82, 2.24) is 9.88 Å². The fourth-order valence-electron chi connectivity index (χ4n) is 2.28. The van der Waals surface area contributed by atoms with Gasteiger partial charge in [0.25, 0.3) is 0 Å². The molecule has 0 aliphatic rings. The number of hydrogen-bond donors (Lipinski definition) is 0. The molecule has 0 saturated heterocycles. The Morgan fingerprint density at radius 2 is 2.18 bits per heavy atom. The van der Waals surface area contributed by atoms with E-state index in [0.717, 1.165) is 42.1 Å². The number of unbranched alkanes of at least 4 members (excludes halogenated alkanes) is 1. The highest BCUT2D eigenvalue weighted by Crippen LogP contribution is 2.24. The molecule has 0 aliphatic carbocycles. The van der Waals surface area contributed by atoms with Crippen molar-refractivity contribution in [2.75, 3.05) is 13.6 Å². The molecule has 0 atom stereocenters. The van der Waals surface area contributed by atoms with Gasteiger partial charge in [0.2, 0.25) is 5.91 Å². The summed E-state index contributed by atoms with van der Waals surface area (Å²) in [6, 6.07) is 8.37. The number of benzene rings is 1. The van der Waals surface area contributed by atoms with Crippen molar-refractivity contribution >= 4 is 17.2 Å². The number of hydrogen-bond acceptors (Lipinski definition) is 3. The molecule has 1 heterocycles. The van der Waals surface area contributed by atoms with Crippen molar-refractivity contribution in [2.45, 2.75) is 39.5 Å². The molecule has 2 aromatic rings. The molecule has 0 aliphatic heterocycles. The maximum absolute atomic E-state index is 12.0. The van der Waals surface area contributed by atoms with E-state index in [4.69, 9.17) is 0 Å². The van der Waals surface area contributed by atoms with E-state index in [1.165, 1.54) is 5.56 Å². The largest absolute Gasteiger partial charge is 0.346 e. The fraction of sp³-hybridized carbons (Fsp3) is 0.444. The van der Waals surface area contributed by atoms with Crippen LogP contribution in [0.2, 0.25) is 0 Å². The maximum Gasteiger partial charge on any atom is 0.222 e. The molecule has 2 rings (SSSR count). The molecule has 0 spiro atoms. The minimum absolute atomic E-state index is 0.207. The molecule has 3 nitrogen and oxygen atoms in total. The number of carbonyl (C=O) groups is 1. The first-order chi connectivity index (χ1) is 10.6. The van der Waals surface area contributed by atoms with E-state index in [1.54, 1.807) is 11.3 Å². The highest BCUT2D eigenvalue weighted by atomic mass is 32.1. The van der Waals surface area contributed by atoms with Gasteiger partial charge in [-0.3, -0.25) is 4.79 Å². The van der Waals surface area contributed by atoms with Crippen molar-refractivity contribution in [2.24, 2.45) is 0 Å². The van der Waals surface area contributed by atoms with Crippen molar-refractivity contribution in [3.8, 4) is 10.6 Å². The van der Waals surface area contributed by atoms with E-state index in [1.807, 2.05) is 11.9 Å². The van der Waals surface area contributed by atoms with Crippen LogP contribution in [-0.4, -0.2) is 29.4 Å². The Kier molecular flexibility index (Phi) is 6.13. The van der Waals surface area contributed by atoms with Gasteiger partial charge < -0.3 is 4.90 Å². The second-order valence-corrected chi connectivity index (χ2v) is 6.54. The summed E-state index contributed by atoms with van der Waals surface area (Å²) in [7, 11) is 1.89. The molecular weight excluding hydrogens is 292 g/mol. The van der Waals surface area contributed by atoms with Gasteiger partial charge in [0, 0.05) is 31.0 Å². The molecule has 22 heavy (non-hydrogen) atoms. The predicted molar refractivity (Wildman–Crippen MR) is 93.2 cm³/mol. The summed E-state index contributed by atoms with van der Waals surface area (Å²) in [5.41, 5.74) is 3.41. The zero-order valence-electron chi connectivity index (χ0n) is 13.6. The number of aromatic nitrogens is 1. The normalized spacial score (nSPS) is 10.7. The highest BCUT2D eigenvalue weighted by molar-refractivity contribution is 7.13. The lowest BCUT2D eigenvalue weighted by molar-refractivity contribution is -0.129. The molecule has 0 unspecified atom stereocenters. The molecular formula is C18H24N2OS. The summed E-state index contributed by atoms with van der Waals surface area (Å²) in [6.07, 6.45) is 3.44. The third-order valence-electron chi connectivity index (χ3n) is 3.68. The van der Waals surface area contributed by atoms with Crippen LogP contribution in [0, 0.1) is 6.92 Å². The van der Waals surface area contributed by atoms with E-state index in [-0.39, 0.29) is 5.91 Å². The first kappa shape index (κ1) is 16.7. The van der Waals surface area contributed by atoms with Crippen LogP contribution in [0.4, 0.5) is 0 Å². The average molecular weight is 316 g/mol. The summed E-state index contributed by atoms with van der Waals surface area (Å²) in [6.45, 7) is 5.07. The smallest absolute Gasteiger partial charge is 0.222 e. The quantitative estimate of drug-likeness (QED) is 0.762. The molecule has 0 bridgehead atoms. The third-order valence-corrected chi connectivity index (χ3v) is 4.62. The van der Waals surface area contributed by atoms with Crippen molar-refractivity contribution in [3.63, 3.8) is 0 Å². The Morgan fingerprint density at radius 3 is 2.91 bits per heavy atom. The third kappa shape index (κ3) is 4.67. The van der Waals surface area contributed by atoms with Gasteiger partial charge in [-0.2, -0.15) is 0 Å². The van der Waals surface area contributed by atoms with Crippen molar-refractivity contribution in [3.05, 3.63) is 40.9 Å². The molecule has 1 aromatic heterocycles. The monoisotopic (exact) mass is 316 g/mol. The standard InChI is InChI=1S/C18H24N2OS/c1-4-5-11-20(3)17(21)10-9-16-13-22-18(19-16)15-8-6-7-14(2)12-15/h6-8,12-13H,4-5,9-11H2,1-3H3. The number of nitrogens with zero attached hydrogens (tertiary/aromatic N) is 2. The van der Waals surface area contributed by atoms with Gasteiger partial charge in [-0.1, -0.05) is 37.1 Å². The second kappa shape index (κ2) is 8.08. The van der Waals surface area contributed by atoms with E-state index in [2.05, 4.69) is 48.5 Å². The maximum atomic E-state index is 12.0. The Bertz CT molecular complexity index is 621. The van der Waals surface area contributed by atoms with Crippen LogP contribution in [0.15, 0.2) is 29.6 Å². The van der Waals surface area contributed by atoms with Crippen LogP contribution in [0.3, 0.4) is 0 Å². The van der Waals surface area contributed by atoms with Crippen LogP contribution in [0.25, 0.3) is 10.6 Å². The van der Waals surface area contributed by atoms with E-state index in [0.29, 0.717) is 6.42 Å². The number of carbonyl (C=O) groups excluding carboxylic acids is 1. The molecule has 1 aromatic carbocycles. The highest BCUT2D eigenvalue weighted by Gasteiger charge is 2.10. The molecule has 118 valence electrons. The lowest BCUT2D eigenvalue weighted by Gasteiger charge is -2.16. The number of amides is 1. The molecule has 1 amide bonds. The number of aryl methyl sites for hydroxylation is 2. The summed E-state index contributed by atoms with van der Waals surface area (Å²) in [4.78, 5) is 18.5. The van der Waals surface area contributed by atoms with Crippen LogP contribution in [-0.2, 0) is 11.2 Å². The lowest BCUT2D eigenvalue weighted by atomic mass is 10.1. The summed E-state index contributed by atoms with van der Waals surface area (Å²) in [5.74, 6) is 0.207. The average Bonchev–Trinajstić information content (AvgIpc) is 2.99. The van der Waals surface area contributed by atoms with Gasteiger partial charge in [0.15, 0.2) is 0 Å². The SMILES string of the molecule is CCCCN(C)C(=O)CCc1csc(-c2cccc(C)c2)n1. The van der Waals surface area contributed by atoms with E-state index >= 15 is 0 Å². The zero-order chi connectivity index (χ0) is 15.9. The van der Waals surface area contributed by atoms with Crippen LogP contribution < -0.4 is 0 Å². The van der Waals surface area contributed by atoms with Gasteiger partial charge in [0.1, 0.15) is 5.01 Å². The summed E-state index contributed by atoms with van der Waals surface area (Å²) < 4.78 is 0. The minimum Gasteiger partial charge on any atom is -0.346 e.